The Bertz CT molecular complexity index is 1180. The van der Waals surface area contributed by atoms with E-state index >= 15 is 0 Å². The van der Waals surface area contributed by atoms with Crippen LogP contribution in [0.3, 0.4) is 0 Å². The van der Waals surface area contributed by atoms with Gasteiger partial charge in [0.05, 0.1) is 10.2 Å². The van der Waals surface area contributed by atoms with Crippen LogP contribution in [-0.2, 0) is 4.79 Å². The molecule has 0 aliphatic rings. The first-order valence-electron chi connectivity index (χ1n) is 8.63. The molecule has 0 radical (unpaired) electrons. The van der Waals surface area contributed by atoms with Crippen LogP contribution in [-0.4, -0.2) is 16.8 Å². The molecule has 0 spiro atoms. The summed E-state index contributed by atoms with van der Waals surface area (Å²) in [6.07, 6.45) is 0. The van der Waals surface area contributed by atoms with Crippen molar-refractivity contribution in [2.45, 2.75) is 13.8 Å². The molecule has 2 amide bonds. The summed E-state index contributed by atoms with van der Waals surface area (Å²) in [4.78, 5) is 29.2. The van der Waals surface area contributed by atoms with Crippen molar-refractivity contribution in [1.82, 2.24) is 4.98 Å². The van der Waals surface area contributed by atoms with Gasteiger partial charge in [0.1, 0.15) is 4.88 Å². The van der Waals surface area contributed by atoms with E-state index in [0.717, 1.165) is 21.3 Å². The number of carbonyl (C=O) groups is 2. The van der Waals surface area contributed by atoms with Crippen molar-refractivity contribution in [2.24, 2.45) is 0 Å². The predicted octanol–water partition coefficient (Wildman–Crippen LogP) is 5.54. The first-order valence-corrected chi connectivity index (χ1v) is 10.3. The molecule has 0 aliphatic heterocycles. The minimum absolute atomic E-state index is 0.126. The van der Waals surface area contributed by atoms with Crippen LogP contribution < -0.4 is 10.6 Å². The van der Waals surface area contributed by atoms with Crippen molar-refractivity contribution in [1.29, 1.82) is 0 Å². The average Bonchev–Trinajstić information content (AvgIpc) is 3.28. The second kappa shape index (κ2) is 7.53. The number of anilines is 2. The number of aromatic nitrogens is 1. The van der Waals surface area contributed by atoms with Gasteiger partial charge in [0.2, 0.25) is 5.91 Å². The Morgan fingerprint density at radius 3 is 2.54 bits per heavy atom. The summed E-state index contributed by atoms with van der Waals surface area (Å²) in [5.74, 6) is -0.301. The van der Waals surface area contributed by atoms with E-state index in [1.165, 1.54) is 35.2 Å². The minimum Gasteiger partial charge on any atom is -0.326 e. The number of thiophene rings is 1. The molecule has 2 aromatic heterocycles. The Hall–Kier alpha value is -3.03. The fraction of sp³-hybridized carbons (Fsp3) is 0.0952. The van der Waals surface area contributed by atoms with Crippen LogP contribution in [0.15, 0.2) is 53.9 Å². The molecule has 0 bridgehead atoms. The second-order valence-corrected chi connectivity index (χ2v) is 8.31. The van der Waals surface area contributed by atoms with E-state index in [2.05, 4.69) is 15.6 Å². The minimum atomic E-state index is -0.174. The first kappa shape index (κ1) is 18.3. The average molecular weight is 408 g/mol. The fourth-order valence-electron chi connectivity index (χ4n) is 2.86. The molecule has 0 aliphatic carbocycles. The molecule has 28 heavy (non-hydrogen) atoms. The second-order valence-electron chi connectivity index (χ2n) is 6.37. The number of fused-ring (bicyclic) bond motifs is 1. The topological polar surface area (TPSA) is 71.1 Å². The number of nitrogens with zero attached hydrogens (tertiary/aromatic N) is 1. The molecule has 0 atom stereocenters. The highest BCUT2D eigenvalue weighted by Crippen LogP contribution is 2.32. The van der Waals surface area contributed by atoms with Gasteiger partial charge in [-0.25, -0.2) is 4.98 Å². The normalized spacial score (nSPS) is 10.8. The SMILES string of the molecule is CC(=O)Nc1ccc2nc(NC(=O)c3sccc3-c3ccc(C)cc3)sc2c1. The maximum absolute atomic E-state index is 12.8. The van der Waals surface area contributed by atoms with Crippen molar-refractivity contribution in [2.75, 3.05) is 10.6 Å². The van der Waals surface area contributed by atoms with Crippen molar-refractivity contribution in [3.63, 3.8) is 0 Å². The van der Waals surface area contributed by atoms with Crippen LogP contribution in [0.4, 0.5) is 10.8 Å². The Morgan fingerprint density at radius 1 is 1.00 bits per heavy atom. The van der Waals surface area contributed by atoms with Crippen molar-refractivity contribution in [3.05, 3.63) is 64.4 Å². The third-order valence-corrected chi connectivity index (χ3v) is 6.01. The summed E-state index contributed by atoms with van der Waals surface area (Å²) >= 11 is 2.79. The quantitative estimate of drug-likeness (QED) is 0.466. The highest BCUT2D eigenvalue weighted by molar-refractivity contribution is 7.22. The molecule has 4 rings (SSSR count). The molecule has 140 valence electrons. The number of aryl methyl sites for hydroxylation is 1. The number of thiazole rings is 1. The molecular weight excluding hydrogens is 390 g/mol. The lowest BCUT2D eigenvalue weighted by Gasteiger charge is -2.04. The van der Waals surface area contributed by atoms with Crippen molar-refractivity contribution < 1.29 is 9.59 Å². The van der Waals surface area contributed by atoms with E-state index in [1.54, 1.807) is 6.07 Å². The summed E-state index contributed by atoms with van der Waals surface area (Å²) in [6.45, 7) is 3.50. The van der Waals surface area contributed by atoms with Crippen molar-refractivity contribution >= 4 is 55.5 Å². The molecule has 0 unspecified atom stereocenters. The zero-order valence-electron chi connectivity index (χ0n) is 15.3. The van der Waals surface area contributed by atoms with Crippen LogP contribution in [0.1, 0.15) is 22.2 Å². The standard InChI is InChI=1S/C21H17N3O2S2/c1-12-3-5-14(6-4-12)16-9-10-27-19(16)20(26)24-21-23-17-8-7-15(22-13(2)25)11-18(17)28-21/h3-11H,1-2H3,(H,22,25)(H,23,24,26). The number of hydrogen-bond donors (Lipinski definition) is 2. The van der Waals surface area contributed by atoms with Gasteiger partial charge in [-0.15, -0.1) is 11.3 Å². The molecule has 5 nitrogen and oxygen atoms in total. The lowest BCUT2D eigenvalue weighted by atomic mass is 10.0. The lowest BCUT2D eigenvalue weighted by molar-refractivity contribution is -0.114. The van der Waals surface area contributed by atoms with Gasteiger partial charge in [-0.3, -0.25) is 14.9 Å². The molecule has 0 saturated carbocycles. The van der Waals surface area contributed by atoms with Gasteiger partial charge in [-0.2, -0.15) is 0 Å². The Labute approximate surface area is 170 Å². The van der Waals surface area contributed by atoms with Crippen LogP contribution in [0.5, 0.6) is 0 Å². The molecule has 2 heterocycles. The summed E-state index contributed by atoms with van der Waals surface area (Å²) in [6, 6.07) is 15.6. The molecule has 2 N–H and O–H groups in total. The highest BCUT2D eigenvalue weighted by Gasteiger charge is 2.16. The molecule has 7 heteroatoms. The summed E-state index contributed by atoms with van der Waals surface area (Å²) in [5, 5.41) is 8.11. The van der Waals surface area contributed by atoms with Crippen molar-refractivity contribution in [3.8, 4) is 11.1 Å². The third-order valence-electron chi connectivity index (χ3n) is 4.16. The summed E-state index contributed by atoms with van der Waals surface area (Å²) in [7, 11) is 0. The number of carbonyl (C=O) groups excluding carboxylic acids is 2. The third kappa shape index (κ3) is 3.81. The van der Waals surface area contributed by atoms with E-state index in [0.29, 0.717) is 15.7 Å². The van der Waals surface area contributed by atoms with E-state index in [1.807, 2.05) is 54.8 Å². The van der Waals surface area contributed by atoms with Gasteiger partial charge in [0.15, 0.2) is 5.13 Å². The Balaban J connectivity index is 1.58. The van der Waals surface area contributed by atoms with E-state index in [-0.39, 0.29) is 11.8 Å². The Kier molecular flexibility index (Phi) is 4.93. The molecule has 0 fully saturated rings. The Morgan fingerprint density at radius 2 is 1.79 bits per heavy atom. The maximum atomic E-state index is 12.8. The predicted molar refractivity (Wildman–Crippen MR) is 116 cm³/mol. The number of benzene rings is 2. The van der Waals surface area contributed by atoms with Gasteiger partial charge >= 0.3 is 0 Å². The van der Waals surface area contributed by atoms with Gasteiger partial charge in [0, 0.05) is 18.2 Å². The molecular formula is C21H17N3O2S2. The molecule has 0 saturated heterocycles. The van der Waals surface area contributed by atoms with Crippen LogP contribution in [0, 0.1) is 6.92 Å². The monoisotopic (exact) mass is 407 g/mol. The van der Waals surface area contributed by atoms with Crippen LogP contribution in [0.2, 0.25) is 0 Å². The number of amides is 2. The lowest BCUT2D eigenvalue weighted by Crippen LogP contribution is -2.10. The first-order chi connectivity index (χ1) is 13.5. The molecule has 4 aromatic rings. The number of hydrogen-bond acceptors (Lipinski definition) is 5. The smallest absolute Gasteiger partial charge is 0.268 e. The van der Waals surface area contributed by atoms with E-state index in [9.17, 15) is 9.59 Å². The maximum Gasteiger partial charge on any atom is 0.268 e. The van der Waals surface area contributed by atoms with Gasteiger partial charge in [0.25, 0.3) is 5.91 Å². The van der Waals surface area contributed by atoms with Gasteiger partial charge in [-0.05, 0) is 42.1 Å². The zero-order chi connectivity index (χ0) is 19.7. The van der Waals surface area contributed by atoms with E-state index in [4.69, 9.17) is 0 Å². The van der Waals surface area contributed by atoms with Gasteiger partial charge in [-0.1, -0.05) is 41.2 Å². The van der Waals surface area contributed by atoms with E-state index < -0.39 is 0 Å². The van der Waals surface area contributed by atoms with Crippen LogP contribution in [0.25, 0.3) is 21.3 Å². The van der Waals surface area contributed by atoms with Crippen LogP contribution >= 0.6 is 22.7 Å². The summed E-state index contributed by atoms with van der Waals surface area (Å²) in [5.41, 5.74) is 4.59. The number of rotatable bonds is 4. The van der Waals surface area contributed by atoms with Gasteiger partial charge < -0.3 is 5.32 Å². The summed E-state index contributed by atoms with van der Waals surface area (Å²) < 4.78 is 0.895. The largest absolute Gasteiger partial charge is 0.326 e. The zero-order valence-corrected chi connectivity index (χ0v) is 16.9. The fourth-order valence-corrected chi connectivity index (χ4v) is 4.57. The number of nitrogens with one attached hydrogen (secondary N) is 2. The molecule has 2 aromatic carbocycles. The highest BCUT2D eigenvalue weighted by atomic mass is 32.1.